The van der Waals surface area contributed by atoms with Crippen molar-refractivity contribution in [3.8, 4) is 5.69 Å². The molecule has 2 rings (SSSR count). The lowest BCUT2D eigenvalue weighted by Gasteiger charge is -2.14. The number of anilines is 1. The fraction of sp³-hybridized carbons (Fsp3) is 0.375. The molecule has 8 heteroatoms. The number of ketones is 1. The first-order chi connectivity index (χ1) is 11.1. The first-order valence-electron chi connectivity index (χ1n) is 7.34. The van der Waals surface area contributed by atoms with Crippen LogP contribution in [0.5, 0.6) is 0 Å². The molecular weight excluding hydrogens is 323 g/mol. The number of nitrogens with two attached hydrogens (primary N) is 1. The average Bonchev–Trinajstić information content (AvgIpc) is 2.71. The third-order valence-electron chi connectivity index (χ3n) is 3.82. The maximum atomic E-state index is 12.4. The molecule has 0 aliphatic heterocycles. The summed E-state index contributed by atoms with van der Waals surface area (Å²) in [5, 5.41) is 0. The lowest BCUT2D eigenvalue weighted by Crippen LogP contribution is -2.25. The van der Waals surface area contributed by atoms with Gasteiger partial charge in [-0.05, 0) is 24.5 Å². The summed E-state index contributed by atoms with van der Waals surface area (Å²) >= 11 is 0. The van der Waals surface area contributed by atoms with Crippen LogP contribution >= 0.6 is 0 Å². The van der Waals surface area contributed by atoms with Gasteiger partial charge in [0.15, 0.2) is 0 Å². The monoisotopic (exact) mass is 341 g/mol. The number of hydrogen-bond donors (Lipinski definition) is 1. The highest BCUT2D eigenvalue weighted by molar-refractivity contribution is 5.84. The van der Waals surface area contributed by atoms with Crippen LogP contribution in [0.15, 0.2) is 35.1 Å². The molecule has 0 amide bonds. The zero-order valence-corrected chi connectivity index (χ0v) is 13.3. The van der Waals surface area contributed by atoms with Gasteiger partial charge in [0.1, 0.15) is 5.69 Å². The quantitative estimate of drug-likeness (QED) is 0.908. The van der Waals surface area contributed by atoms with Crippen molar-refractivity contribution >= 4 is 11.5 Å². The molecule has 5 nitrogen and oxygen atoms in total. The summed E-state index contributed by atoms with van der Waals surface area (Å²) in [6.45, 7) is 1.52. The van der Waals surface area contributed by atoms with Crippen LogP contribution in [0.25, 0.3) is 5.69 Å². The molecular formula is C16H18F3N3O2. The molecule has 0 fully saturated rings. The van der Waals surface area contributed by atoms with E-state index >= 15 is 0 Å². The van der Waals surface area contributed by atoms with Crippen LogP contribution < -0.4 is 11.3 Å². The Balaban J connectivity index is 2.30. The van der Waals surface area contributed by atoms with Crippen molar-refractivity contribution in [2.75, 3.05) is 5.73 Å². The van der Waals surface area contributed by atoms with Gasteiger partial charge in [-0.15, -0.1) is 0 Å². The van der Waals surface area contributed by atoms with E-state index in [9.17, 15) is 22.8 Å². The van der Waals surface area contributed by atoms with E-state index in [-0.39, 0.29) is 12.1 Å². The summed E-state index contributed by atoms with van der Waals surface area (Å²) < 4.78 is 40.0. The molecule has 1 atom stereocenters. The molecule has 24 heavy (non-hydrogen) atoms. The number of benzene rings is 1. The Morgan fingerprint density at radius 2 is 1.83 bits per heavy atom. The predicted molar refractivity (Wildman–Crippen MR) is 84.0 cm³/mol. The first kappa shape index (κ1) is 17.8. The molecule has 0 aliphatic carbocycles. The molecule has 0 unspecified atom stereocenters. The highest BCUT2D eigenvalue weighted by Gasteiger charge is 2.38. The van der Waals surface area contributed by atoms with E-state index in [0.717, 1.165) is 0 Å². The van der Waals surface area contributed by atoms with Gasteiger partial charge in [-0.1, -0.05) is 25.1 Å². The Hall–Kier alpha value is -2.51. The van der Waals surface area contributed by atoms with Crippen LogP contribution in [-0.2, 0) is 18.3 Å². The largest absolute Gasteiger partial charge is 0.449 e. The Labute approximate surface area is 136 Å². The molecule has 2 N–H and O–H groups in total. The third kappa shape index (κ3) is 3.52. The number of rotatable bonds is 5. The minimum atomic E-state index is -4.85. The normalized spacial score (nSPS) is 13.0. The summed E-state index contributed by atoms with van der Waals surface area (Å²) in [4.78, 5) is 23.4. The van der Waals surface area contributed by atoms with Crippen LogP contribution in [0.3, 0.4) is 0 Å². The van der Waals surface area contributed by atoms with Crippen molar-refractivity contribution in [1.29, 1.82) is 0 Å². The standard InChI is InChI=1S/C16H18F3N3O2/c1-10(9-13(23)16(17,18)19)8-12-14(20)15(24)22(21(12)2)11-6-4-3-5-7-11/h3-7,10H,8-9,20H2,1-2H3/t10-/m0/s1. The summed E-state index contributed by atoms with van der Waals surface area (Å²) in [7, 11) is 1.61. The van der Waals surface area contributed by atoms with Crippen LogP contribution in [-0.4, -0.2) is 21.3 Å². The van der Waals surface area contributed by atoms with Crippen molar-refractivity contribution in [2.45, 2.75) is 25.9 Å². The van der Waals surface area contributed by atoms with Crippen LogP contribution in [0.1, 0.15) is 19.0 Å². The zero-order chi connectivity index (χ0) is 18.1. The number of nitrogens with zero attached hydrogens (tertiary/aromatic N) is 2. The number of carbonyl (C=O) groups excluding carboxylic acids is 1. The number of Topliss-reactive ketones (excluding diaryl/α,β-unsaturated/α-hetero) is 1. The van der Waals surface area contributed by atoms with Gasteiger partial charge in [0.2, 0.25) is 5.78 Å². The fourth-order valence-corrected chi connectivity index (χ4v) is 2.60. The van der Waals surface area contributed by atoms with E-state index in [4.69, 9.17) is 5.73 Å². The van der Waals surface area contributed by atoms with Gasteiger partial charge in [0, 0.05) is 13.5 Å². The maximum Gasteiger partial charge on any atom is 0.449 e. The molecule has 1 heterocycles. The number of carbonyl (C=O) groups is 1. The van der Waals surface area contributed by atoms with E-state index in [1.807, 2.05) is 0 Å². The summed E-state index contributed by atoms with van der Waals surface area (Å²) in [6, 6.07) is 8.76. The fourth-order valence-electron chi connectivity index (χ4n) is 2.60. The van der Waals surface area contributed by atoms with E-state index in [1.165, 1.54) is 16.3 Å². The second kappa shape index (κ2) is 6.54. The summed E-state index contributed by atoms with van der Waals surface area (Å²) in [6.07, 6.45) is -5.39. The van der Waals surface area contributed by atoms with E-state index in [0.29, 0.717) is 11.4 Å². The molecule has 0 spiro atoms. The second-order valence-electron chi connectivity index (χ2n) is 5.77. The smallest absolute Gasteiger partial charge is 0.393 e. The Bertz CT molecular complexity index is 791. The highest BCUT2D eigenvalue weighted by atomic mass is 19.4. The van der Waals surface area contributed by atoms with Gasteiger partial charge in [0.25, 0.3) is 5.56 Å². The highest BCUT2D eigenvalue weighted by Crippen LogP contribution is 2.23. The lowest BCUT2D eigenvalue weighted by molar-refractivity contribution is -0.171. The van der Waals surface area contributed by atoms with Crippen molar-refractivity contribution < 1.29 is 18.0 Å². The van der Waals surface area contributed by atoms with Gasteiger partial charge in [-0.3, -0.25) is 14.3 Å². The van der Waals surface area contributed by atoms with Crippen LogP contribution in [0.2, 0.25) is 0 Å². The Morgan fingerprint density at radius 3 is 2.38 bits per heavy atom. The van der Waals surface area contributed by atoms with E-state index < -0.39 is 29.9 Å². The first-order valence-corrected chi connectivity index (χ1v) is 7.34. The Kier molecular flexibility index (Phi) is 4.86. The van der Waals surface area contributed by atoms with Crippen molar-refractivity contribution in [2.24, 2.45) is 13.0 Å². The maximum absolute atomic E-state index is 12.4. The number of nitrogen functional groups attached to an aromatic ring is 1. The molecule has 0 saturated heterocycles. The summed E-state index contributed by atoms with van der Waals surface area (Å²) in [5.41, 5.74) is 6.40. The zero-order valence-electron chi connectivity index (χ0n) is 13.3. The predicted octanol–water partition coefficient (Wildman–Crippen LogP) is 2.46. The molecule has 1 aromatic carbocycles. The number of alkyl halides is 3. The minimum Gasteiger partial charge on any atom is -0.393 e. The molecule has 2 aromatic rings. The van der Waals surface area contributed by atoms with Gasteiger partial charge in [0.05, 0.1) is 11.4 Å². The molecule has 0 bridgehead atoms. The molecule has 130 valence electrons. The number of halogens is 3. The van der Waals surface area contributed by atoms with Crippen LogP contribution in [0.4, 0.5) is 18.9 Å². The number of para-hydroxylation sites is 1. The molecule has 0 aliphatic rings. The van der Waals surface area contributed by atoms with Crippen molar-refractivity contribution in [3.63, 3.8) is 0 Å². The molecule has 1 aromatic heterocycles. The molecule has 0 saturated carbocycles. The minimum absolute atomic E-state index is 0.0207. The van der Waals surface area contributed by atoms with Gasteiger partial charge >= 0.3 is 6.18 Å². The van der Waals surface area contributed by atoms with Crippen LogP contribution in [0, 0.1) is 5.92 Å². The SMILES string of the molecule is C[C@H](CC(=O)C(F)(F)F)Cc1c(N)c(=O)n(-c2ccccc2)n1C. The van der Waals surface area contributed by atoms with Crippen molar-refractivity contribution in [1.82, 2.24) is 9.36 Å². The topological polar surface area (TPSA) is 70.0 Å². The number of aromatic nitrogens is 2. The van der Waals surface area contributed by atoms with Gasteiger partial charge < -0.3 is 5.73 Å². The number of hydrogen-bond acceptors (Lipinski definition) is 3. The van der Waals surface area contributed by atoms with E-state index in [2.05, 4.69) is 0 Å². The molecule has 0 radical (unpaired) electrons. The Morgan fingerprint density at radius 1 is 1.25 bits per heavy atom. The van der Waals surface area contributed by atoms with Crippen molar-refractivity contribution in [3.05, 3.63) is 46.4 Å². The van der Waals surface area contributed by atoms with Gasteiger partial charge in [-0.2, -0.15) is 13.2 Å². The van der Waals surface area contributed by atoms with E-state index in [1.54, 1.807) is 37.4 Å². The lowest BCUT2D eigenvalue weighted by atomic mass is 9.98. The third-order valence-corrected chi connectivity index (χ3v) is 3.82. The second-order valence-corrected chi connectivity index (χ2v) is 5.77. The average molecular weight is 341 g/mol. The summed E-state index contributed by atoms with van der Waals surface area (Å²) in [5.74, 6) is -2.38. The van der Waals surface area contributed by atoms with Gasteiger partial charge in [-0.25, -0.2) is 4.68 Å².